The van der Waals surface area contributed by atoms with E-state index in [4.69, 9.17) is 14.2 Å². The van der Waals surface area contributed by atoms with Crippen LogP contribution in [0.25, 0.3) is 0 Å². The minimum atomic E-state index is -0.600. The van der Waals surface area contributed by atoms with Crippen LogP contribution in [0.15, 0.2) is 41.7 Å². The number of likely N-dealkylation sites (N-methyl/N-ethyl adjacent to an activating group) is 1. The molecule has 3 heterocycles. The largest absolute Gasteiger partial charge is 0.512 e. The summed E-state index contributed by atoms with van der Waals surface area (Å²) in [6.45, 7) is 6.54. The molecule has 2 atom stereocenters. The number of carbonyl (C=O) groups is 1. The molecule has 0 radical (unpaired) electrons. The van der Waals surface area contributed by atoms with Crippen LogP contribution in [0.2, 0.25) is 0 Å². The Balaban J connectivity index is 1.48. The summed E-state index contributed by atoms with van der Waals surface area (Å²) in [6, 6.07) is 9.58. The first kappa shape index (κ1) is 19.2. The Bertz CT molecular complexity index is 767. The number of carbonyl (C=O) groups excluding carboxylic acids is 1. The van der Waals surface area contributed by atoms with Crippen molar-refractivity contribution >= 4 is 6.09 Å². The number of hydrogen-bond acceptors (Lipinski definition) is 6. The molecular weight excluding hydrogens is 360 g/mol. The van der Waals surface area contributed by atoms with Crippen molar-refractivity contribution in [2.24, 2.45) is 0 Å². The number of amides is 1. The maximum atomic E-state index is 12.6. The van der Waals surface area contributed by atoms with Gasteiger partial charge in [-0.25, -0.2) is 4.79 Å². The lowest BCUT2D eigenvalue weighted by Crippen LogP contribution is -2.63. The number of rotatable bonds is 2. The molecule has 1 aromatic carbocycles. The van der Waals surface area contributed by atoms with Gasteiger partial charge in [-0.05, 0) is 27.8 Å². The molecule has 2 bridgehead atoms. The van der Waals surface area contributed by atoms with E-state index in [0.29, 0.717) is 30.8 Å². The number of nitrogens with zero attached hydrogens (tertiary/aromatic N) is 2. The Morgan fingerprint density at radius 1 is 1.14 bits per heavy atom. The van der Waals surface area contributed by atoms with Crippen molar-refractivity contribution in [1.82, 2.24) is 9.80 Å². The molecule has 152 valence electrons. The van der Waals surface area contributed by atoms with Crippen LogP contribution >= 0.6 is 0 Å². The summed E-state index contributed by atoms with van der Waals surface area (Å²) < 4.78 is 17.4. The quantitative estimate of drug-likeness (QED) is 0.839. The number of aliphatic hydroxyl groups excluding tert-OH is 1. The van der Waals surface area contributed by atoms with Crippen molar-refractivity contribution in [2.45, 2.75) is 57.5 Å². The topological polar surface area (TPSA) is 71.5 Å². The van der Waals surface area contributed by atoms with Crippen LogP contribution < -0.4 is 0 Å². The lowest BCUT2D eigenvalue weighted by atomic mass is 9.89. The molecule has 0 aromatic heterocycles. The highest BCUT2D eigenvalue weighted by Gasteiger charge is 2.48. The van der Waals surface area contributed by atoms with Crippen molar-refractivity contribution in [3.63, 3.8) is 0 Å². The first-order valence-corrected chi connectivity index (χ1v) is 9.70. The summed E-state index contributed by atoms with van der Waals surface area (Å²) in [7, 11) is 2.02. The van der Waals surface area contributed by atoms with Gasteiger partial charge in [0.25, 0.3) is 0 Å². The molecule has 2 unspecified atom stereocenters. The van der Waals surface area contributed by atoms with Crippen LogP contribution in [-0.2, 0) is 14.2 Å². The van der Waals surface area contributed by atoms with Gasteiger partial charge in [0.15, 0.2) is 12.6 Å². The fourth-order valence-corrected chi connectivity index (χ4v) is 4.03. The third kappa shape index (κ3) is 3.62. The van der Waals surface area contributed by atoms with E-state index in [1.54, 1.807) is 4.90 Å². The van der Waals surface area contributed by atoms with E-state index in [0.717, 1.165) is 5.56 Å². The van der Waals surface area contributed by atoms with Gasteiger partial charge in [-0.2, -0.15) is 0 Å². The van der Waals surface area contributed by atoms with Crippen LogP contribution in [-0.4, -0.2) is 65.1 Å². The first-order chi connectivity index (χ1) is 13.2. The van der Waals surface area contributed by atoms with E-state index in [1.807, 2.05) is 58.2 Å². The summed E-state index contributed by atoms with van der Waals surface area (Å²) in [5.74, 6) is 0.313. The van der Waals surface area contributed by atoms with Crippen LogP contribution in [0, 0.1) is 0 Å². The monoisotopic (exact) mass is 388 g/mol. The molecule has 2 saturated heterocycles. The third-order valence-electron chi connectivity index (χ3n) is 5.48. The molecule has 7 heteroatoms. The first-order valence-electron chi connectivity index (χ1n) is 9.70. The number of fused-ring (bicyclic) bond motifs is 2. The Labute approximate surface area is 165 Å². The van der Waals surface area contributed by atoms with Crippen LogP contribution in [0.4, 0.5) is 4.79 Å². The minimum absolute atomic E-state index is 0.0417. The van der Waals surface area contributed by atoms with Gasteiger partial charge in [0.2, 0.25) is 0 Å². The highest BCUT2D eigenvalue weighted by Crippen LogP contribution is 2.42. The van der Waals surface area contributed by atoms with E-state index in [-0.39, 0.29) is 18.2 Å². The maximum Gasteiger partial charge on any atom is 0.410 e. The Hall–Kier alpha value is -2.09. The van der Waals surface area contributed by atoms with Gasteiger partial charge in [0.1, 0.15) is 5.60 Å². The van der Waals surface area contributed by atoms with Gasteiger partial charge in [-0.15, -0.1) is 0 Å². The molecule has 4 rings (SSSR count). The Kier molecular flexibility index (Phi) is 4.85. The van der Waals surface area contributed by atoms with Crippen LogP contribution in [0.3, 0.4) is 0 Å². The highest BCUT2D eigenvalue weighted by atomic mass is 16.9. The van der Waals surface area contributed by atoms with Crippen molar-refractivity contribution in [3.05, 3.63) is 47.2 Å². The average Bonchev–Trinajstić information content (AvgIpc) is 2.57. The zero-order valence-corrected chi connectivity index (χ0v) is 16.8. The van der Waals surface area contributed by atoms with Gasteiger partial charge in [-0.3, -0.25) is 4.90 Å². The molecule has 28 heavy (non-hydrogen) atoms. The van der Waals surface area contributed by atoms with E-state index in [1.165, 1.54) is 0 Å². The predicted molar refractivity (Wildman–Crippen MR) is 103 cm³/mol. The summed E-state index contributed by atoms with van der Waals surface area (Å²) in [5.41, 5.74) is 1.11. The van der Waals surface area contributed by atoms with E-state index in [2.05, 4.69) is 4.90 Å². The molecule has 0 saturated carbocycles. The molecule has 0 aliphatic carbocycles. The standard InChI is InChI=1S/C21H28N2O5/c1-21(2,3)28-20(25)23-11-14-10-16(24)17(15(12-23)22(14)4)19-26-18(27-19)13-8-6-5-7-9-13/h5-9,14-15,18-19,24H,10-12H2,1-4H3. The second kappa shape index (κ2) is 7.06. The smallest absolute Gasteiger partial charge is 0.410 e. The number of aliphatic hydroxyl groups is 1. The van der Waals surface area contributed by atoms with E-state index >= 15 is 0 Å². The zero-order chi connectivity index (χ0) is 20.1. The molecule has 0 spiro atoms. The van der Waals surface area contributed by atoms with E-state index in [9.17, 15) is 9.90 Å². The van der Waals surface area contributed by atoms with Crippen LogP contribution in [0.1, 0.15) is 39.0 Å². The molecule has 1 amide bonds. The average molecular weight is 388 g/mol. The SMILES string of the molecule is CN1C2CC(O)=C(C3OC(c4ccccc4)O3)C1CN(C(=O)OC(C)(C)C)C2. The van der Waals surface area contributed by atoms with Gasteiger partial charge in [0.05, 0.1) is 11.8 Å². The second-order valence-corrected chi connectivity index (χ2v) is 8.67. The highest BCUT2D eigenvalue weighted by molar-refractivity contribution is 5.68. The van der Waals surface area contributed by atoms with Crippen molar-refractivity contribution in [3.8, 4) is 0 Å². The van der Waals surface area contributed by atoms with Crippen molar-refractivity contribution < 1.29 is 24.1 Å². The zero-order valence-electron chi connectivity index (χ0n) is 16.8. The summed E-state index contributed by atoms with van der Waals surface area (Å²) in [4.78, 5) is 16.5. The van der Waals surface area contributed by atoms with Gasteiger partial charge in [0, 0.05) is 36.7 Å². The maximum absolute atomic E-state index is 12.6. The predicted octanol–water partition coefficient (Wildman–Crippen LogP) is 3.19. The molecule has 3 aliphatic heterocycles. The fraction of sp³-hybridized carbons (Fsp3) is 0.571. The lowest BCUT2D eigenvalue weighted by molar-refractivity contribution is -0.377. The molecule has 3 aliphatic rings. The third-order valence-corrected chi connectivity index (χ3v) is 5.48. The van der Waals surface area contributed by atoms with Crippen molar-refractivity contribution in [1.29, 1.82) is 0 Å². The minimum Gasteiger partial charge on any atom is -0.512 e. The van der Waals surface area contributed by atoms with Gasteiger partial charge >= 0.3 is 6.09 Å². The van der Waals surface area contributed by atoms with Gasteiger partial charge in [-0.1, -0.05) is 30.3 Å². The number of ether oxygens (including phenoxy) is 3. The second-order valence-electron chi connectivity index (χ2n) is 8.67. The summed E-state index contributed by atoms with van der Waals surface area (Å²) in [6.07, 6.45) is -0.896. The van der Waals surface area contributed by atoms with E-state index < -0.39 is 18.2 Å². The molecule has 2 fully saturated rings. The fourth-order valence-electron chi connectivity index (χ4n) is 4.03. The number of benzene rings is 1. The number of piperazine rings is 1. The number of hydrogen-bond donors (Lipinski definition) is 1. The normalized spacial score (nSPS) is 30.8. The molecule has 7 nitrogen and oxygen atoms in total. The lowest BCUT2D eigenvalue weighted by Gasteiger charge is -2.51. The molecular formula is C21H28N2O5. The van der Waals surface area contributed by atoms with Crippen LogP contribution in [0.5, 0.6) is 0 Å². The molecule has 1 aromatic rings. The molecule has 1 N–H and O–H groups in total. The summed E-state index contributed by atoms with van der Waals surface area (Å²) in [5, 5.41) is 10.7. The van der Waals surface area contributed by atoms with Gasteiger partial charge < -0.3 is 24.2 Å². The Morgan fingerprint density at radius 2 is 1.82 bits per heavy atom. The van der Waals surface area contributed by atoms with Crippen molar-refractivity contribution in [2.75, 3.05) is 20.1 Å². The Morgan fingerprint density at radius 3 is 2.46 bits per heavy atom. The summed E-state index contributed by atoms with van der Waals surface area (Å²) >= 11 is 0.